The number of hydrogen-bond donors (Lipinski definition) is 1. The Labute approximate surface area is 129 Å². The number of para-hydroxylation sites is 1. The average Bonchev–Trinajstić information content (AvgIpc) is 2.45. The van der Waals surface area contributed by atoms with Crippen LogP contribution in [0.25, 0.3) is 0 Å². The van der Waals surface area contributed by atoms with Gasteiger partial charge in [-0.25, -0.2) is 0 Å². The van der Waals surface area contributed by atoms with Crippen molar-refractivity contribution < 1.29 is 9.53 Å². The molecule has 0 saturated carbocycles. The zero-order valence-electron chi connectivity index (χ0n) is 12.5. The maximum atomic E-state index is 12.0. The molecule has 2 aromatic rings. The minimum atomic E-state index is -0.157. The van der Waals surface area contributed by atoms with Gasteiger partial charge in [0.2, 0.25) is 0 Å². The number of thioether (sulfide) groups is 1. The maximum absolute atomic E-state index is 12.0. The predicted octanol–water partition coefficient (Wildman–Crippen LogP) is 4.04. The van der Waals surface area contributed by atoms with Gasteiger partial charge in [0.15, 0.2) is 6.61 Å². The number of nitrogens with one attached hydrogen (secondary N) is 1. The molecule has 21 heavy (non-hydrogen) atoms. The molecule has 0 aliphatic rings. The van der Waals surface area contributed by atoms with Crippen molar-refractivity contribution in [3.05, 3.63) is 53.6 Å². The quantitative estimate of drug-likeness (QED) is 0.847. The number of aryl methyl sites for hydroxylation is 2. The van der Waals surface area contributed by atoms with Crippen molar-refractivity contribution in [2.75, 3.05) is 18.2 Å². The monoisotopic (exact) mass is 301 g/mol. The van der Waals surface area contributed by atoms with Crippen molar-refractivity contribution in [1.82, 2.24) is 0 Å². The molecule has 0 atom stereocenters. The van der Waals surface area contributed by atoms with Crippen LogP contribution in [-0.2, 0) is 4.79 Å². The first-order valence-corrected chi connectivity index (χ1v) is 7.95. The molecule has 0 bridgehead atoms. The molecular formula is C17H19NO2S. The SMILES string of the molecule is CSc1ccccc1NC(=O)COc1cc(C)cc(C)c1. The van der Waals surface area contributed by atoms with Gasteiger partial charge in [0.25, 0.3) is 5.91 Å². The van der Waals surface area contributed by atoms with Crippen LogP contribution in [0.15, 0.2) is 47.4 Å². The Morgan fingerprint density at radius 2 is 1.81 bits per heavy atom. The Bertz CT molecular complexity index is 620. The summed E-state index contributed by atoms with van der Waals surface area (Å²) in [7, 11) is 0. The minimum absolute atomic E-state index is 0.00556. The van der Waals surface area contributed by atoms with Gasteiger partial charge in [-0.1, -0.05) is 18.2 Å². The lowest BCUT2D eigenvalue weighted by Gasteiger charge is -2.11. The van der Waals surface area contributed by atoms with E-state index in [0.717, 1.165) is 27.5 Å². The van der Waals surface area contributed by atoms with Gasteiger partial charge in [-0.3, -0.25) is 4.79 Å². The topological polar surface area (TPSA) is 38.3 Å². The molecular weight excluding hydrogens is 282 g/mol. The van der Waals surface area contributed by atoms with Gasteiger partial charge < -0.3 is 10.1 Å². The highest BCUT2D eigenvalue weighted by atomic mass is 32.2. The summed E-state index contributed by atoms with van der Waals surface area (Å²) in [6, 6.07) is 13.6. The second-order valence-electron chi connectivity index (χ2n) is 4.86. The molecule has 0 aliphatic heterocycles. The third-order valence-corrected chi connectivity index (χ3v) is 3.74. The van der Waals surface area contributed by atoms with Gasteiger partial charge in [-0.15, -0.1) is 11.8 Å². The molecule has 1 amide bonds. The van der Waals surface area contributed by atoms with E-state index in [1.165, 1.54) is 0 Å². The van der Waals surface area contributed by atoms with Gasteiger partial charge in [0.1, 0.15) is 5.75 Å². The van der Waals surface area contributed by atoms with Crippen molar-refractivity contribution in [3.63, 3.8) is 0 Å². The summed E-state index contributed by atoms with van der Waals surface area (Å²) in [6.45, 7) is 4.02. The minimum Gasteiger partial charge on any atom is -0.484 e. The van der Waals surface area contributed by atoms with Crippen molar-refractivity contribution in [2.45, 2.75) is 18.7 Å². The van der Waals surface area contributed by atoms with Crippen LogP contribution < -0.4 is 10.1 Å². The number of anilines is 1. The Kier molecular flexibility index (Phi) is 5.28. The van der Waals surface area contributed by atoms with Gasteiger partial charge in [-0.05, 0) is 55.5 Å². The van der Waals surface area contributed by atoms with E-state index in [-0.39, 0.29) is 12.5 Å². The van der Waals surface area contributed by atoms with Gasteiger partial charge in [0, 0.05) is 4.90 Å². The molecule has 0 radical (unpaired) electrons. The van der Waals surface area contributed by atoms with E-state index in [9.17, 15) is 4.79 Å². The zero-order chi connectivity index (χ0) is 15.2. The van der Waals surface area contributed by atoms with Crippen LogP contribution in [0.2, 0.25) is 0 Å². The number of benzene rings is 2. The first kappa shape index (κ1) is 15.4. The van der Waals surface area contributed by atoms with Gasteiger partial charge in [0.05, 0.1) is 5.69 Å². The lowest BCUT2D eigenvalue weighted by atomic mass is 10.1. The van der Waals surface area contributed by atoms with Crippen LogP contribution in [0.1, 0.15) is 11.1 Å². The summed E-state index contributed by atoms with van der Waals surface area (Å²) in [5.74, 6) is 0.566. The van der Waals surface area contributed by atoms with E-state index in [0.29, 0.717) is 0 Å². The fourth-order valence-corrected chi connectivity index (χ4v) is 2.65. The molecule has 110 valence electrons. The van der Waals surface area contributed by atoms with E-state index in [1.54, 1.807) is 11.8 Å². The number of carbonyl (C=O) groups excluding carboxylic acids is 1. The first-order chi connectivity index (χ1) is 10.1. The van der Waals surface area contributed by atoms with E-state index in [2.05, 4.69) is 11.4 Å². The lowest BCUT2D eigenvalue weighted by molar-refractivity contribution is -0.118. The highest BCUT2D eigenvalue weighted by Gasteiger charge is 2.07. The molecule has 0 fully saturated rings. The summed E-state index contributed by atoms with van der Waals surface area (Å²) in [6.07, 6.45) is 1.98. The standard InChI is InChI=1S/C17H19NO2S/c1-12-8-13(2)10-14(9-12)20-11-17(19)18-15-6-4-5-7-16(15)21-3/h4-10H,11H2,1-3H3,(H,18,19). The summed E-state index contributed by atoms with van der Waals surface area (Å²) < 4.78 is 5.56. The lowest BCUT2D eigenvalue weighted by Crippen LogP contribution is -2.20. The molecule has 0 spiro atoms. The van der Waals surface area contributed by atoms with E-state index >= 15 is 0 Å². The predicted molar refractivity (Wildman–Crippen MR) is 88.3 cm³/mol. The Hall–Kier alpha value is -1.94. The molecule has 4 heteroatoms. The first-order valence-electron chi connectivity index (χ1n) is 6.72. The van der Waals surface area contributed by atoms with Crippen molar-refractivity contribution in [2.24, 2.45) is 0 Å². The van der Waals surface area contributed by atoms with Gasteiger partial charge >= 0.3 is 0 Å². The summed E-state index contributed by atoms with van der Waals surface area (Å²) in [5.41, 5.74) is 3.07. The second kappa shape index (κ2) is 7.18. The highest BCUT2D eigenvalue weighted by molar-refractivity contribution is 7.98. The third kappa shape index (κ3) is 4.53. The van der Waals surface area contributed by atoms with Crippen LogP contribution in [0.3, 0.4) is 0 Å². The van der Waals surface area contributed by atoms with Crippen molar-refractivity contribution >= 4 is 23.4 Å². The largest absolute Gasteiger partial charge is 0.484 e. The Morgan fingerprint density at radius 3 is 2.48 bits per heavy atom. The molecule has 1 N–H and O–H groups in total. The highest BCUT2D eigenvalue weighted by Crippen LogP contribution is 2.24. The van der Waals surface area contributed by atoms with Crippen molar-refractivity contribution in [3.8, 4) is 5.75 Å². The third-order valence-electron chi connectivity index (χ3n) is 2.95. The van der Waals surface area contributed by atoms with Crippen LogP contribution in [0.5, 0.6) is 5.75 Å². The van der Waals surface area contributed by atoms with Crippen LogP contribution in [0, 0.1) is 13.8 Å². The summed E-state index contributed by atoms with van der Waals surface area (Å²) in [5, 5.41) is 2.88. The average molecular weight is 301 g/mol. The Morgan fingerprint density at radius 1 is 1.14 bits per heavy atom. The fraction of sp³-hybridized carbons (Fsp3) is 0.235. The molecule has 0 aliphatic carbocycles. The van der Waals surface area contributed by atoms with E-state index < -0.39 is 0 Å². The molecule has 2 aromatic carbocycles. The Balaban J connectivity index is 1.96. The summed E-state index contributed by atoms with van der Waals surface area (Å²) in [4.78, 5) is 13.0. The van der Waals surface area contributed by atoms with Crippen LogP contribution in [-0.4, -0.2) is 18.8 Å². The fourth-order valence-electron chi connectivity index (χ4n) is 2.10. The normalized spacial score (nSPS) is 10.2. The van der Waals surface area contributed by atoms with E-state index in [1.807, 2.05) is 56.5 Å². The van der Waals surface area contributed by atoms with Crippen LogP contribution >= 0.6 is 11.8 Å². The maximum Gasteiger partial charge on any atom is 0.262 e. The number of carbonyl (C=O) groups is 1. The molecule has 0 aromatic heterocycles. The number of rotatable bonds is 5. The van der Waals surface area contributed by atoms with Crippen LogP contribution in [0.4, 0.5) is 5.69 Å². The molecule has 0 saturated heterocycles. The molecule has 0 unspecified atom stereocenters. The molecule has 3 nitrogen and oxygen atoms in total. The van der Waals surface area contributed by atoms with E-state index in [4.69, 9.17) is 4.74 Å². The number of amides is 1. The molecule has 2 rings (SSSR count). The second-order valence-corrected chi connectivity index (χ2v) is 5.71. The van der Waals surface area contributed by atoms with Crippen molar-refractivity contribution in [1.29, 1.82) is 0 Å². The summed E-state index contributed by atoms with van der Waals surface area (Å²) >= 11 is 1.60. The smallest absolute Gasteiger partial charge is 0.262 e. The molecule has 0 heterocycles. The number of hydrogen-bond acceptors (Lipinski definition) is 3. The van der Waals surface area contributed by atoms with Gasteiger partial charge in [-0.2, -0.15) is 0 Å². The number of ether oxygens (including phenoxy) is 1. The zero-order valence-corrected chi connectivity index (χ0v) is 13.3.